The van der Waals surface area contributed by atoms with E-state index in [9.17, 15) is 13.2 Å². The predicted octanol–water partition coefficient (Wildman–Crippen LogP) is 3.04. The second-order valence-electron chi connectivity index (χ2n) is 9.11. The van der Waals surface area contributed by atoms with Gasteiger partial charge in [-0.2, -0.15) is 13.5 Å². The lowest BCUT2D eigenvalue weighted by Crippen LogP contribution is -2.54. The van der Waals surface area contributed by atoms with Crippen LogP contribution in [0, 0.1) is 6.92 Å². The SMILES string of the molecule is Cc1sc2c(c1NC(=O)NS(=O)(=O)N(c1cnn(C3CC3)c1)C1CCCN(C)C1)CCC2. The van der Waals surface area contributed by atoms with Crippen LogP contribution in [0.3, 0.4) is 0 Å². The van der Waals surface area contributed by atoms with Crippen molar-refractivity contribution in [1.82, 2.24) is 19.4 Å². The summed E-state index contributed by atoms with van der Waals surface area (Å²) in [6.45, 7) is 3.50. The average molecular weight is 479 g/mol. The molecule has 2 amide bonds. The van der Waals surface area contributed by atoms with E-state index >= 15 is 0 Å². The molecule has 0 radical (unpaired) electrons. The van der Waals surface area contributed by atoms with Crippen LogP contribution in [0.4, 0.5) is 16.2 Å². The first kappa shape index (κ1) is 21.7. The van der Waals surface area contributed by atoms with E-state index in [1.165, 1.54) is 9.18 Å². The number of nitrogens with zero attached hydrogens (tertiary/aromatic N) is 4. The normalized spacial score (nSPS) is 21.4. The number of aromatic nitrogens is 2. The highest BCUT2D eigenvalue weighted by molar-refractivity contribution is 7.91. The number of likely N-dealkylation sites (N-methyl/N-ethyl adjacent to an activating group) is 1. The first-order chi connectivity index (χ1) is 15.3. The number of piperidine rings is 1. The summed E-state index contributed by atoms with van der Waals surface area (Å²) < 4.78 is 32.5. The molecule has 1 atom stereocenters. The van der Waals surface area contributed by atoms with Crippen LogP contribution in [0.1, 0.15) is 53.5 Å². The van der Waals surface area contributed by atoms with Gasteiger partial charge in [0.1, 0.15) is 0 Å². The highest BCUT2D eigenvalue weighted by Crippen LogP contribution is 2.39. The Bertz CT molecular complexity index is 1120. The number of hydrogen-bond acceptors (Lipinski definition) is 6. The summed E-state index contributed by atoms with van der Waals surface area (Å²) in [5, 5.41) is 7.21. The number of aryl methyl sites for hydroxylation is 2. The van der Waals surface area contributed by atoms with Crippen molar-refractivity contribution in [2.75, 3.05) is 29.8 Å². The van der Waals surface area contributed by atoms with Gasteiger partial charge >= 0.3 is 16.2 Å². The number of amides is 2. The molecular weight excluding hydrogens is 448 g/mol. The summed E-state index contributed by atoms with van der Waals surface area (Å²) in [6, 6.07) is -0.630. The maximum atomic E-state index is 13.5. The van der Waals surface area contributed by atoms with Gasteiger partial charge in [-0.3, -0.25) is 4.68 Å². The quantitative estimate of drug-likeness (QED) is 0.665. The number of likely N-dealkylation sites (tertiary alicyclic amines) is 1. The topological polar surface area (TPSA) is 99.6 Å². The molecule has 2 N–H and O–H groups in total. The Labute approximate surface area is 193 Å². The number of anilines is 2. The Hall–Kier alpha value is -2.11. The number of carbonyl (C=O) groups is 1. The maximum absolute atomic E-state index is 13.5. The van der Waals surface area contributed by atoms with E-state index in [1.54, 1.807) is 23.7 Å². The average Bonchev–Trinajstić information content (AvgIpc) is 3.16. The fourth-order valence-electron chi connectivity index (χ4n) is 4.87. The first-order valence-electron chi connectivity index (χ1n) is 11.3. The third kappa shape index (κ3) is 4.25. The van der Waals surface area contributed by atoms with Gasteiger partial charge in [0.25, 0.3) is 0 Å². The number of nitrogens with one attached hydrogen (secondary N) is 2. The fourth-order valence-corrected chi connectivity index (χ4v) is 7.41. The molecule has 3 aliphatic rings. The zero-order valence-electron chi connectivity index (χ0n) is 18.5. The van der Waals surface area contributed by atoms with Gasteiger partial charge in [-0.05, 0) is 71.0 Å². The minimum Gasteiger partial charge on any atom is -0.306 e. The number of carbonyl (C=O) groups excluding carboxylic acids is 1. The van der Waals surface area contributed by atoms with Crippen LogP contribution in [-0.4, -0.2) is 55.3 Å². The number of thiophene rings is 1. The molecule has 1 unspecified atom stereocenters. The highest BCUT2D eigenvalue weighted by atomic mass is 32.2. The number of fused-ring (bicyclic) bond motifs is 1. The van der Waals surface area contributed by atoms with E-state index < -0.39 is 16.2 Å². The van der Waals surface area contributed by atoms with Crippen LogP contribution in [0.25, 0.3) is 0 Å². The fraction of sp³-hybridized carbons (Fsp3) is 0.619. The van der Waals surface area contributed by atoms with Crippen LogP contribution >= 0.6 is 11.3 Å². The van der Waals surface area contributed by atoms with Crippen molar-refractivity contribution in [3.63, 3.8) is 0 Å². The molecule has 11 heteroatoms. The van der Waals surface area contributed by atoms with E-state index in [0.717, 1.165) is 67.6 Å². The van der Waals surface area contributed by atoms with E-state index in [0.29, 0.717) is 18.3 Å². The van der Waals surface area contributed by atoms with Crippen molar-refractivity contribution < 1.29 is 13.2 Å². The van der Waals surface area contributed by atoms with Crippen molar-refractivity contribution in [2.24, 2.45) is 0 Å². The van der Waals surface area contributed by atoms with Gasteiger partial charge in [0.05, 0.1) is 29.7 Å². The molecule has 0 aromatic carbocycles. The lowest BCUT2D eigenvalue weighted by atomic mass is 10.1. The molecule has 5 rings (SSSR count). The van der Waals surface area contributed by atoms with Gasteiger partial charge in [-0.1, -0.05) is 0 Å². The van der Waals surface area contributed by atoms with Gasteiger partial charge in [-0.25, -0.2) is 13.8 Å². The Balaban J connectivity index is 1.38. The minimum absolute atomic E-state index is 0.261. The third-order valence-corrected chi connectivity index (χ3v) is 9.19. The van der Waals surface area contributed by atoms with E-state index in [1.807, 2.05) is 18.7 Å². The summed E-state index contributed by atoms with van der Waals surface area (Å²) in [5.74, 6) is 0. The lowest BCUT2D eigenvalue weighted by Gasteiger charge is -2.37. The monoisotopic (exact) mass is 478 g/mol. The van der Waals surface area contributed by atoms with E-state index in [2.05, 4.69) is 20.0 Å². The molecular formula is C21H30N6O3S2. The van der Waals surface area contributed by atoms with Gasteiger partial charge in [0, 0.05) is 22.5 Å². The molecule has 0 bridgehead atoms. The zero-order valence-corrected chi connectivity index (χ0v) is 20.1. The highest BCUT2D eigenvalue weighted by Gasteiger charge is 2.36. The number of hydrogen-bond donors (Lipinski definition) is 2. The third-order valence-electron chi connectivity index (χ3n) is 6.51. The van der Waals surface area contributed by atoms with Crippen LogP contribution in [0.5, 0.6) is 0 Å². The van der Waals surface area contributed by atoms with E-state index in [4.69, 9.17) is 0 Å². The Morgan fingerprint density at radius 3 is 2.81 bits per heavy atom. The van der Waals surface area contributed by atoms with Crippen LogP contribution in [-0.2, 0) is 23.1 Å². The Morgan fingerprint density at radius 2 is 2.06 bits per heavy atom. The van der Waals surface area contributed by atoms with Crippen molar-refractivity contribution in [2.45, 2.75) is 64.0 Å². The maximum Gasteiger partial charge on any atom is 0.334 e. The smallest absolute Gasteiger partial charge is 0.306 e. The molecule has 174 valence electrons. The predicted molar refractivity (Wildman–Crippen MR) is 126 cm³/mol. The number of rotatable bonds is 6. The van der Waals surface area contributed by atoms with Gasteiger partial charge in [0.2, 0.25) is 0 Å². The molecule has 32 heavy (non-hydrogen) atoms. The second kappa shape index (κ2) is 8.35. The molecule has 2 fully saturated rings. The summed E-state index contributed by atoms with van der Waals surface area (Å²) in [6.07, 6.45) is 10.2. The van der Waals surface area contributed by atoms with Crippen LogP contribution in [0.2, 0.25) is 0 Å². The Morgan fingerprint density at radius 1 is 1.25 bits per heavy atom. The summed E-state index contributed by atoms with van der Waals surface area (Å²) >= 11 is 1.68. The van der Waals surface area contributed by atoms with Gasteiger partial charge in [0.15, 0.2) is 0 Å². The number of urea groups is 1. The standard InChI is InChI=1S/C21H30N6O3S2/c1-14-20(18-6-3-7-19(18)31-14)23-21(28)24-32(29,30)27(16-5-4-10-25(2)12-16)17-11-22-26(13-17)15-8-9-15/h11,13,15-16H,3-10,12H2,1-2H3,(H2,23,24,28). The molecule has 2 aromatic heterocycles. The molecule has 2 aliphatic carbocycles. The van der Waals surface area contributed by atoms with Crippen molar-refractivity contribution in [3.8, 4) is 0 Å². The largest absolute Gasteiger partial charge is 0.334 e. The summed E-state index contributed by atoms with van der Waals surface area (Å²) in [5.41, 5.74) is 2.42. The molecule has 1 saturated carbocycles. The Kier molecular flexibility index (Phi) is 5.67. The van der Waals surface area contributed by atoms with Crippen LogP contribution < -0.4 is 14.3 Å². The minimum atomic E-state index is -4.13. The molecule has 1 aliphatic heterocycles. The van der Waals surface area contributed by atoms with Crippen molar-refractivity contribution >= 4 is 39.0 Å². The van der Waals surface area contributed by atoms with Gasteiger partial charge < -0.3 is 10.2 Å². The summed E-state index contributed by atoms with van der Waals surface area (Å²) in [7, 11) is -2.13. The molecule has 0 spiro atoms. The first-order valence-corrected chi connectivity index (χ1v) is 13.5. The zero-order chi connectivity index (χ0) is 22.5. The molecule has 2 aromatic rings. The molecule has 9 nitrogen and oxygen atoms in total. The van der Waals surface area contributed by atoms with E-state index in [-0.39, 0.29) is 6.04 Å². The van der Waals surface area contributed by atoms with Crippen LogP contribution in [0.15, 0.2) is 12.4 Å². The second-order valence-corrected chi connectivity index (χ2v) is 12.0. The van der Waals surface area contributed by atoms with Gasteiger partial charge in [-0.15, -0.1) is 11.3 Å². The summed E-state index contributed by atoms with van der Waals surface area (Å²) in [4.78, 5) is 17.3. The van der Waals surface area contributed by atoms with Crippen molar-refractivity contribution in [3.05, 3.63) is 27.7 Å². The molecule has 3 heterocycles. The molecule has 1 saturated heterocycles. The lowest BCUT2D eigenvalue weighted by molar-refractivity contribution is 0.251. The van der Waals surface area contributed by atoms with Crippen molar-refractivity contribution in [1.29, 1.82) is 0 Å².